The number of carbonyl (C=O) groups is 1. The van der Waals surface area contributed by atoms with E-state index < -0.39 is 0 Å². The monoisotopic (exact) mass is 329 g/mol. The van der Waals surface area contributed by atoms with Crippen molar-refractivity contribution in [2.45, 2.75) is 18.6 Å². The Labute approximate surface area is 142 Å². The number of methoxy groups -OCH3 is 1. The minimum Gasteiger partial charge on any atom is -0.497 e. The van der Waals surface area contributed by atoms with Crippen molar-refractivity contribution in [2.75, 3.05) is 19.4 Å². The van der Waals surface area contributed by atoms with Gasteiger partial charge in [0, 0.05) is 11.8 Å². The first-order valence-electron chi connectivity index (χ1n) is 7.75. The second-order valence-electron chi connectivity index (χ2n) is 5.31. The van der Waals surface area contributed by atoms with Crippen molar-refractivity contribution in [3.05, 3.63) is 65.7 Å². The summed E-state index contributed by atoms with van der Waals surface area (Å²) in [7, 11) is 1.66. The van der Waals surface area contributed by atoms with Gasteiger partial charge < -0.3 is 10.1 Å². The predicted octanol–water partition coefficient (Wildman–Crippen LogP) is 3.85. The highest BCUT2D eigenvalue weighted by molar-refractivity contribution is 8.00. The molecule has 0 aliphatic rings. The van der Waals surface area contributed by atoms with E-state index in [0.29, 0.717) is 17.5 Å². The van der Waals surface area contributed by atoms with E-state index in [0.717, 1.165) is 12.2 Å². The maximum absolute atomic E-state index is 11.9. The van der Waals surface area contributed by atoms with Gasteiger partial charge in [-0.05, 0) is 36.6 Å². The molecule has 0 aliphatic heterocycles. The van der Waals surface area contributed by atoms with Gasteiger partial charge in [-0.3, -0.25) is 4.79 Å². The zero-order valence-electron chi connectivity index (χ0n) is 13.6. The molecule has 2 rings (SSSR count). The molecule has 1 amide bonds. The third-order valence-corrected chi connectivity index (χ3v) is 4.83. The number of ether oxygens (including phenoxy) is 1. The number of hydrogen-bond donors (Lipinski definition) is 1. The minimum absolute atomic E-state index is 0.0892. The Balaban J connectivity index is 1.66. The molecular weight excluding hydrogens is 306 g/mol. The molecule has 0 spiro atoms. The van der Waals surface area contributed by atoms with Gasteiger partial charge >= 0.3 is 0 Å². The first kappa shape index (κ1) is 17.4. The standard InChI is InChI=1S/C19H23NO2S/c1-15(17-6-4-3-5-7-17)23-14-19(21)20-13-12-16-8-10-18(22-2)11-9-16/h3-11,15H,12-14H2,1-2H3,(H,20,21)/t15-/m1/s1. The van der Waals surface area contributed by atoms with Crippen LogP contribution in [-0.4, -0.2) is 25.3 Å². The van der Waals surface area contributed by atoms with Crippen LogP contribution in [0.1, 0.15) is 23.3 Å². The summed E-state index contributed by atoms with van der Waals surface area (Å²) in [5.74, 6) is 1.42. The zero-order valence-corrected chi connectivity index (χ0v) is 14.4. The van der Waals surface area contributed by atoms with E-state index in [9.17, 15) is 4.79 Å². The summed E-state index contributed by atoms with van der Waals surface area (Å²) < 4.78 is 5.13. The molecule has 0 aliphatic carbocycles. The van der Waals surface area contributed by atoms with Gasteiger partial charge in [-0.1, -0.05) is 42.5 Å². The third-order valence-electron chi connectivity index (χ3n) is 3.63. The topological polar surface area (TPSA) is 38.3 Å². The lowest BCUT2D eigenvalue weighted by atomic mass is 10.1. The van der Waals surface area contributed by atoms with E-state index in [1.807, 2.05) is 42.5 Å². The summed E-state index contributed by atoms with van der Waals surface area (Å²) in [5.41, 5.74) is 2.44. The van der Waals surface area contributed by atoms with Gasteiger partial charge in [0.2, 0.25) is 5.91 Å². The second kappa shape index (κ2) is 9.26. The number of carbonyl (C=O) groups excluding carboxylic acids is 1. The Morgan fingerprint density at radius 2 is 1.83 bits per heavy atom. The Hall–Kier alpha value is -1.94. The lowest BCUT2D eigenvalue weighted by molar-refractivity contribution is -0.118. The lowest BCUT2D eigenvalue weighted by Crippen LogP contribution is -2.27. The first-order valence-corrected chi connectivity index (χ1v) is 8.80. The molecule has 0 saturated carbocycles. The molecule has 2 aromatic rings. The van der Waals surface area contributed by atoms with Gasteiger partial charge in [-0.2, -0.15) is 0 Å². The smallest absolute Gasteiger partial charge is 0.230 e. The van der Waals surface area contributed by atoms with Crippen LogP contribution in [0.5, 0.6) is 5.75 Å². The Bertz CT molecular complexity index is 599. The fourth-order valence-corrected chi connectivity index (χ4v) is 3.06. The van der Waals surface area contributed by atoms with Crippen molar-refractivity contribution in [1.29, 1.82) is 0 Å². The molecule has 0 saturated heterocycles. The largest absolute Gasteiger partial charge is 0.497 e. The van der Waals surface area contributed by atoms with Crippen molar-refractivity contribution < 1.29 is 9.53 Å². The first-order chi connectivity index (χ1) is 11.2. The van der Waals surface area contributed by atoms with Crippen LogP contribution in [0.3, 0.4) is 0 Å². The quantitative estimate of drug-likeness (QED) is 0.799. The maximum Gasteiger partial charge on any atom is 0.230 e. The van der Waals surface area contributed by atoms with Gasteiger partial charge in [0.25, 0.3) is 0 Å². The average molecular weight is 329 g/mol. The highest BCUT2D eigenvalue weighted by atomic mass is 32.2. The highest BCUT2D eigenvalue weighted by Crippen LogP contribution is 2.27. The molecule has 3 nitrogen and oxygen atoms in total. The molecule has 2 aromatic carbocycles. The normalized spacial score (nSPS) is 11.7. The molecule has 1 N–H and O–H groups in total. The SMILES string of the molecule is COc1ccc(CCNC(=O)CS[C@H](C)c2ccccc2)cc1. The summed E-state index contributed by atoms with van der Waals surface area (Å²) in [5, 5.41) is 3.30. The number of rotatable bonds is 8. The third kappa shape index (κ3) is 5.99. The van der Waals surface area contributed by atoms with Crippen molar-refractivity contribution >= 4 is 17.7 Å². The summed E-state index contributed by atoms with van der Waals surface area (Å²) in [6.45, 7) is 2.79. The van der Waals surface area contributed by atoms with Crippen LogP contribution >= 0.6 is 11.8 Å². The van der Waals surface area contributed by atoms with Crippen LogP contribution in [0, 0.1) is 0 Å². The molecule has 0 unspecified atom stereocenters. The fourth-order valence-electron chi connectivity index (χ4n) is 2.21. The molecule has 0 heterocycles. The van der Waals surface area contributed by atoms with Crippen LogP contribution in [0.4, 0.5) is 0 Å². The van der Waals surface area contributed by atoms with Gasteiger partial charge in [-0.25, -0.2) is 0 Å². The second-order valence-corrected chi connectivity index (χ2v) is 6.64. The fraction of sp³-hybridized carbons (Fsp3) is 0.316. The molecule has 23 heavy (non-hydrogen) atoms. The van der Waals surface area contributed by atoms with Crippen LogP contribution in [0.2, 0.25) is 0 Å². The summed E-state index contributed by atoms with van der Waals surface area (Å²) >= 11 is 1.66. The van der Waals surface area contributed by atoms with Gasteiger partial charge in [-0.15, -0.1) is 11.8 Å². The van der Waals surface area contributed by atoms with Gasteiger partial charge in [0.05, 0.1) is 12.9 Å². The molecule has 4 heteroatoms. The van der Waals surface area contributed by atoms with Crippen molar-refractivity contribution in [2.24, 2.45) is 0 Å². The van der Waals surface area contributed by atoms with Crippen LogP contribution in [-0.2, 0) is 11.2 Å². The lowest BCUT2D eigenvalue weighted by Gasteiger charge is -2.11. The van der Waals surface area contributed by atoms with Gasteiger partial charge in [0.1, 0.15) is 5.75 Å². The summed E-state index contributed by atoms with van der Waals surface area (Å²) in [6.07, 6.45) is 0.828. The number of hydrogen-bond acceptors (Lipinski definition) is 3. The maximum atomic E-state index is 11.9. The molecule has 0 bridgehead atoms. The zero-order chi connectivity index (χ0) is 16.5. The molecule has 0 fully saturated rings. The molecular formula is C19H23NO2S. The predicted molar refractivity (Wildman–Crippen MR) is 97.0 cm³/mol. The Kier molecular flexibility index (Phi) is 7.01. The molecule has 0 radical (unpaired) electrons. The van der Waals surface area contributed by atoms with Crippen LogP contribution in [0.25, 0.3) is 0 Å². The van der Waals surface area contributed by atoms with Gasteiger partial charge in [0.15, 0.2) is 0 Å². The highest BCUT2D eigenvalue weighted by Gasteiger charge is 2.08. The van der Waals surface area contributed by atoms with E-state index in [4.69, 9.17) is 4.74 Å². The van der Waals surface area contributed by atoms with Crippen molar-refractivity contribution in [1.82, 2.24) is 5.32 Å². The van der Waals surface area contributed by atoms with Crippen molar-refractivity contribution in [3.8, 4) is 5.75 Å². The van der Waals surface area contributed by atoms with E-state index in [-0.39, 0.29) is 5.91 Å². The number of nitrogens with one attached hydrogen (secondary N) is 1. The molecule has 122 valence electrons. The molecule has 1 atom stereocenters. The van der Waals surface area contributed by atoms with E-state index in [1.165, 1.54) is 11.1 Å². The Morgan fingerprint density at radius 3 is 2.48 bits per heavy atom. The number of thioether (sulfide) groups is 1. The molecule has 0 aromatic heterocycles. The van der Waals surface area contributed by atoms with Crippen molar-refractivity contribution in [3.63, 3.8) is 0 Å². The van der Waals surface area contributed by atoms with Crippen LogP contribution in [0.15, 0.2) is 54.6 Å². The average Bonchev–Trinajstić information content (AvgIpc) is 2.61. The number of benzene rings is 2. The number of amides is 1. The minimum atomic E-state index is 0.0892. The summed E-state index contributed by atoms with van der Waals surface area (Å²) in [6, 6.07) is 18.2. The van der Waals surface area contributed by atoms with E-state index in [2.05, 4.69) is 24.4 Å². The Morgan fingerprint density at radius 1 is 1.13 bits per heavy atom. The van der Waals surface area contributed by atoms with E-state index >= 15 is 0 Å². The van der Waals surface area contributed by atoms with E-state index in [1.54, 1.807) is 18.9 Å². The summed E-state index contributed by atoms with van der Waals surface area (Å²) in [4.78, 5) is 11.9. The van der Waals surface area contributed by atoms with Crippen LogP contribution < -0.4 is 10.1 Å².